The number of rotatable bonds is 7. The summed E-state index contributed by atoms with van der Waals surface area (Å²) in [6.45, 7) is 5.08. The molecular formula is C18H23NO2. The van der Waals surface area contributed by atoms with E-state index in [0.29, 0.717) is 0 Å². The second-order valence-corrected chi connectivity index (χ2v) is 4.94. The van der Waals surface area contributed by atoms with E-state index < -0.39 is 0 Å². The molecule has 0 bridgehead atoms. The zero-order valence-corrected chi connectivity index (χ0v) is 12.9. The fraction of sp³-hybridized carbons (Fsp3) is 0.333. The van der Waals surface area contributed by atoms with Gasteiger partial charge >= 0.3 is 0 Å². The summed E-state index contributed by atoms with van der Waals surface area (Å²) in [5.41, 5.74) is 1.20. The van der Waals surface area contributed by atoms with Gasteiger partial charge in [0.05, 0.1) is 13.2 Å². The van der Waals surface area contributed by atoms with Crippen LogP contribution >= 0.6 is 0 Å². The smallest absolute Gasteiger partial charge is 0.119 e. The number of ether oxygens (including phenoxy) is 2. The summed E-state index contributed by atoms with van der Waals surface area (Å²) < 4.78 is 11.3. The summed E-state index contributed by atoms with van der Waals surface area (Å²) in [4.78, 5) is 0. The lowest BCUT2D eigenvalue weighted by Gasteiger charge is -2.26. The van der Waals surface area contributed by atoms with Crippen molar-refractivity contribution in [3.05, 3.63) is 60.2 Å². The molecule has 0 aliphatic heterocycles. The Morgan fingerprint density at radius 2 is 1.62 bits per heavy atom. The minimum absolute atomic E-state index is 0.0285. The molecule has 2 rings (SSSR count). The van der Waals surface area contributed by atoms with Crippen molar-refractivity contribution in [1.29, 1.82) is 0 Å². The first-order chi connectivity index (χ1) is 10.2. The highest BCUT2D eigenvalue weighted by Gasteiger charge is 2.20. The summed E-state index contributed by atoms with van der Waals surface area (Å²) in [5, 5.41) is 3.49. The molecule has 0 saturated carbocycles. The van der Waals surface area contributed by atoms with Crippen LogP contribution < -0.4 is 14.8 Å². The van der Waals surface area contributed by atoms with Crippen molar-refractivity contribution in [3.63, 3.8) is 0 Å². The van der Waals surface area contributed by atoms with E-state index in [2.05, 4.69) is 31.3 Å². The van der Waals surface area contributed by atoms with Gasteiger partial charge in [0, 0.05) is 0 Å². The van der Waals surface area contributed by atoms with Crippen molar-refractivity contribution in [2.75, 3.05) is 13.7 Å². The molecule has 2 aromatic rings. The third kappa shape index (κ3) is 4.23. The number of methoxy groups -OCH3 is 1. The van der Waals surface area contributed by atoms with Crippen molar-refractivity contribution in [2.45, 2.75) is 26.0 Å². The van der Waals surface area contributed by atoms with Gasteiger partial charge in [-0.2, -0.15) is 0 Å². The van der Waals surface area contributed by atoms with E-state index in [1.165, 1.54) is 5.56 Å². The van der Waals surface area contributed by atoms with Crippen LogP contribution in [0.4, 0.5) is 0 Å². The lowest BCUT2D eigenvalue weighted by atomic mass is 10.0. The summed E-state index contributed by atoms with van der Waals surface area (Å²) in [7, 11) is 1.68. The van der Waals surface area contributed by atoms with Crippen LogP contribution in [0.2, 0.25) is 0 Å². The highest BCUT2D eigenvalue weighted by Crippen LogP contribution is 2.23. The maximum atomic E-state index is 6.05. The van der Waals surface area contributed by atoms with Gasteiger partial charge in [-0.25, -0.2) is 0 Å². The Kier molecular flexibility index (Phi) is 5.64. The number of para-hydroxylation sites is 1. The van der Waals surface area contributed by atoms with E-state index in [-0.39, 0.29) is 12.1 Å². The average molecular weight is 285 g/mol. The van der Waals surface area contributed by atoms with Gasteiger partial charge in [0.1, 0.15) is 17.6 Å². The highest BCUT2D eigenvalue weighted by molar-refractivity contribution is 5.30. The Balaban J connectivity index is 2.13. The molecule has 0 saturated heterocycles. The molecule has 2 aromatic carbocycles. The van der Waals surface area contributed by atoms with Crippen molar-refractivity contribution in [3.8, 4) is 11.5 Å². The molecule has 2 unspecified atom stereocenters. The predicted octanol–water partition coefficient (Wildman–Crippen LogP) is 3.81. The molecule has 0 aliphatic rings. The van der Waals surface area contributed by atoms with E-state index >= 15 is 0 Å². The Morgan fingerprint density at radius 3 is 2.19 bits per heavy atom. The maximum absolute atomic E-state index is 6.05. The number of hydrogen-bond donors (Lipinski definition) is 1. The fourth-order valence-corrected chi connectivity index (χ4v) is 2.37. The molecule has 3 heteroatoms. The molecule has 3 nitrogen and oxygen atoms in total. The number of hydrogen-bond acceptors (Lipinski definition) is 3. The van der Waals surface area contributed by atoms with Gasteiger partial charge in [-0.1, -0.05) is 37.3 Å². The Labute approximate surface area is 126 Å². The molecule has 0 heterocycles. The largest absolute Gasteiger partial charge is 0.497 e. The Hall–Kier alpha value is -2.00. The van der Waals surface area contributed by atoms with Crippen LogP contribution in [0.1, 0.15) is 25.5 Å². The van der Waals surface area contributed by atoms with Crippen LogP contribution in [0.25, 0.3) is 0 Å². The molecule has 0 aromatic heterocycles. The van der Waals surface area contributed by atoms with Gasteiger partial charge in [0.15, 0.2) is 0 Å². The van der Waals surface area contributed by atoms with Crippen molar-refractivity contribution in [2.24, 2.45) is 0 Å². The molecule has 0 amide bonds. The molecule has 112 valence electrons. The van der Waals surface area contributed by atoms with Crippen LogP contribution in [-0.4, -0.2) is 19.8 Å². The third-order valence-electron chi connectivity index (χ3n) is 3.43. The van der Waals surface area contributed by atoms with Gasteiger partial charge in [0.25, 0.3) is 0 Å². The second kappa shape index (κ2) is 7.70. The minimum Gasteiger partial charge on any atom is -0.497 e. The zero-order chi connectivity index (χ0) is 15.1. The summed E-state index contributed by atoms with van der Waals surface area (Å²) in [5.74, 6) is 1.76. The first-order valence-electron chi connectivity index (χ1n) is 7.33. The lowest BCUT2D eigenvalue weighted by Crippen LogP contribution is -2.33. The standard InChI is InChI=1S/C18H23NO2/c1-4-19-18(15-10-12-16(20-3)13-11-15)14(2)21-17-8-6-5-7-9-17/h5-14,18-19H,4H2,1-3H3. The molecule has 0 aliphatic carbocycles. The van der Waals surface area contributed by atoms with E-state index in [0.717, 1.165) is 18.0 Å². The number of benzene rings is 2. The normalized spacial score (nSPS) is 13.5. The molecular weight excluding hydrogens is 262 g/mol. The maximum Gasteiger partial charge on any atom is 0.119 e. The molecule has 0 spiro atoms. The third-order valence-corrected chi connectivity index (χ3v) is 3.43. The molecule has 0 radical (unpaired) electrons. The first kappa shape index (κ1) is 15.4. The van der Waals surface area contributed by atoms with Crippen molar-refractivity contribution >= 4 is 0 Å². The Bertz CT molecular complexity index is 525. The lowest BCUT2D eigenvalue weighted by molar-refractivity contribution is 0.171. The van der Waals surface area contributed by atoms with Gasteiger partial charge < -0.3 is 14.8 Å². The molecule has 0 fully saturated rings. The number of likely N-dealkylation sites (N-methyl/N-ethyl adjacent to an activating group) is 1. The minimum atomic E-state index is 0.0285. The van der Waals surface area contributed by atoms with Crippen molar-refractivity contribution < 1.29 is 9.47 Å². The summed E-state index contributed by atoms with van der Waals surface area (Å²) in [6.07, 6.45) is 0.0285. The van der Waals surface area contributed by atoms with E-state index in [1.807, 2.05) is 42.5 Å². The van der Waals surface area contributed by atoms with Crippen LogP contribution in [0.15, 0.2) is 54.6 Å². The average Bonchev–Trinajstić information content (AvgIpc) is 2.53. The Morgan fingerprint density at radius 1 is 0.952 bits per heavy atom. The van der Waals surface area contributed by atoms with Gasteiger partial charge in [-0.05, 0) is 43.3 Å². The fourth-order valence-electron chi connectivity index (χ4n) is 2.37. The van der Waals surface area contributed by atoms with E-state index in [9.17, 15) is 0 Å². The summed E-state index contributed by atoms with van der Waals surface area (Å²) >= 11 is 0. The van der Waals surface area contributed by atoms with Crippen LogP contribution in [-0.2, 0) is 0 Å². The molecule has 21 heavy (non-hydrogen) atoms. The summed E-state index contributed by atoms with van der Waals surface area (Å²) in [6, 6.07) is 18.2. The van der Waals surface area contributed by atoms with Crippen LogP contribution in [0.5, 0.6) is 11.5 Å². The van der Waals surface area contributed by atoms with Crippen LogP contribution in [0.3, 0.4) is 0 Å². The van der Waals surface area contributed by atoms with E-state index in [1.54, 1.807) is 7.11 Å². The first-order valence-corrected chi connectivity index (χ1v) is 7.33. The quantitative estimate of drug-likeness (QED) is 0.839. The highest BCUT2D eigenvalue weighted by atomic mass is 16.5. The van der Waals surface area contributed by atoms with Gasteiger partial charge in [-0.15, -0.1) is 0 Å². The monoisotopic (exact) mass is 285 g/mol. The molecule has 1 N–H and O–H groups in total. The zero-order valence-electron chi connectivity index (χ0n) is 12.9. The van der Waals surface area contributed by atoms with Crippen molar-refractivity contribution in [1.82, 2.24) is 5.32 Å². The van der Waals surface area contributed by atoms with Gasteiger partial charge in [-0.3, -0.25) is 0 Å². The van der Waals surface area contributed by atoms with Crippen LogP contribution in [0, 0.1) is 0 Å². The topological polar surface area (TPSA) is 30.5 Å². The van der Waals surface area contributed by atoms with E-state index in [4.69, 9.17) is 9.47 Å². The SMILES string of the molecule is CCNC(c1ccc(OC)cc1)C(C)Oc1ccccc1. The predicted molar refractivity (Wildman–Crippen MR) is 85.9 cm³/mol. The number of nitrogens with one attached hydrogen (secondary N) is 1. The van der Waals surface area contributed by atoms with Gasteiger partial charge in [0.2, 0.25) is 0 Å². The second-order valence-electron chi connectivity index (χ2n) is 4.94. The molecule has 2 atom stereocenters.